The summed E-state index contributed by atoms with van der Waals surface area (Å²) in [5, 5.41) is 9.81. The van der Waals surface area contributed by atoms with Gasteiger partial charge in [0, 0.05) is 0 Å². The van der Waals surface area contributed by atoms with Crippen LogP contribution in [0.25, 0.3) is 0 Å². The molecule has 4 heteroatoms. The van der Waals surface area contributed by atoms with E-state index in [2.05, 4.69) is 15.9 Å². The molecule has 1 atom stereocenters. The molecule has 0 aliphatic carbocycles. The van der Waals surface area contributed by atoms with Gasteiger partial charge in [0.2, 0.25) is 0 Å². The molecule has 1 aromatic carbocycles. The Morgan fingerprint density at radius 1 is 1.24 bits per heavy atom. The fourth-order valence-corrected chi connectivity index (χ4v) is 1.72. The maximum absolute atomic E-state index is 9.81. The molecule has 0 saturated heterocycles. The van der Waals surface area contributed by atoms with Crippen LogP contribution >= 0.6 is 15.9 Å². The van der Waals surface area contributed by atoms with E-state index < -0.39 is 6.10 Å². The first kappa shape index (κ1) is 12.2. The minimum Gasteiger partial charge on any atom is -0.490 e. The second kappa shape index (κ2) is 5.38. The fraction of sp³-hybridized carbons (Fsp3) is 0.231. The highest BCUT2D eigenvalue weighted by molar-refractivity contribution is 9.10. The second-order valence-corrected chi connectivity index (χ2v) is 4.56. The van der Waals surface area contributed by atoms with Gasteiger partial charge >= 0.3 is 0 Å². The van der Waals surface area contributed by atoms with E-state index in [1.54, 1.807) is 12.1 Å². The lowest BCUT2D eigenvalue weighted by Gasteiger charge is -2.10. The van der Waals surface area contributed by atoms with Gasteiger partial charge in [-0.15, -0.1) is 0 Å². The molecule has 1 N–H and O–H groups in total. The quantitative estimate of drug-likeness (QED) is 0.939. The zero-order valence-corrected chi connectivity index (χ0v) is 11.0. The number of hydrogen-bond donors (Lipinski definition) is 1. The van der Waals surface area contributed by atoms with E-state index in [0.717, 1.165) is 5.75 Å². The van der Waals surface area contributed by atoms with Crippen LogP contribution in [0.4, 0.5) is 0 Å². The normalized spacial score (nSPS) is 12.4. The molecular weight excluding hydrogens is 284 g/mol. The molecule has 3 nitrogen and oxygen atoms in total. The summed E-state index contributed by atoms with van der Waals surface area (Å²) >= 11 is 3.19. The first-order chi connectivity index (χ1) is 8.15. The number of aliphatic hydroxyl groups excluding tert-OH is 1. The van der Waals surface area contributed by atoms with Gasteiger partial charge in [-0.3, -0.25) is 0 Å². The minimum atomic E-state index is -0.761. The molecule has 1 heterocycles. The maximum Gasteiger partial charge on any atom is 0.169 e. The molecule has 2 rings (SSSR count). The molecular formula is C13H13BrO3. The van der Waals surface area contributed by atoms with E-state index in [9.17, 15) is 5.11 Å². The van der Waals surface area contributed by atoms with Gasteiger partial charge in [-0.2, -0.15) is 0 Å². The first-order valence-electron chi connectivity index (χ1n) is 5.28. The summed E-state index contributed by atoms with van der Waals surface area (Å²) in [7, 11) is 0. The second-order valence-electron chi connectivity index (χ2n) is 3.78. The Hall–Kier alpha value is -1.26. The van der Waals surface area contributed by atoms with Crippen molar-refractivity contribution >= 4 is 15.9 Å². The molecule has 0 fully saturated rings. The fourth-order valence-electron chi connectivity index (χ4n) is 1.40. The largest absolute Gasteiger partial charge is 0.490 e. The summed E-state index contributed by atoms with van der Waals surface area (Å²) < 4.78 is 11.3. The van der Waals surface area contributed by atoms with Gasteiger partial charge in [-0.05, 0) is 47.1 Å². The number of halogens is 1. The van der Waals surface area contributed by atoms with Gasteiger partial charge in [0.25, 0.3) is 0 Å². The number of benzene rings is 1. The lowest BCUT2D eigenvalue weighted by atomic mass is 10.2. The van der Waals surface area contributed by atoms with E-state index in [-0.39, 0.29) is 6.61 Å². The molecule has 0 bridgehead atoms. The highest BCUT2D eigenvalue weighted by Gasteiger charge is 2.12. The number of ether oxygens (including phenoxy) is 1. The molecule has 1 unspecified atom stereocenters. The van der Waals surface area contributed by atoms with Crippen LogP contribution < -0.4 is 4.74 Å². The SMILES string of the molecule is Cc1ccc(OCC(O)c2ccc(Br)o2)cc1. The van der Waals surface area contributed by atoms with Gasteiger partial charge in [-0.25, -0.2) is 0 Å². The van der Waals surface area contributed by atoms with Crippen molar-refractivity contribution in [2.45, 2.75) is 13.0 Å². The van der Waals surface area contributed by atoms with Crippen molar-refractivity contribution in [2.75, 3.05) is 6.61 Å². The number of furan rings is 1. The molecule has 0 aliphatic rings. The van der Waals surface area contributed by atoms with Crippen molar-refractivity contribution in [2.24, 2.45) is 0 Å². The van der Waals surface area contributed by atoms with Gasteiger partial charge in [-0.1, -0.05) is 17.7 Å². The first-order valence-corrected chi connectivity index (χ1v) is 6.07. The third-order valence-corrected chi connectivity index (χ3v) is 2.78. The van der Waals surface area contributed by atoms with Crippen LogP contribution in [-0.2, 0) is 0 Å². The highest BCUT2D eigenvalue weighted by Crippen LogP contribution is 2.21. The Bertz CT molecular complexity index is 476. The maximum atomic E-state index is 9.81. The Morgan fingerprint density at radius 3 is 2.53 bits per heavy atom. The Morgan fingerprint density at radius 2 is 1.94 bits per heavy atom. The molecule has 2 aromatic rings. The average Bonchev–Trinajstić information content (AvgIpc) is 2.75. The summed E-state index contributed by atoms with van der Waals surface area (Å²) in [6, 6.07) is 11.1. The number of hydrogen-bond acceptors (Lipinski definition) is 3. The van der Waals surface area contributed by atoms with Gasteiger partial charge in [0.05, 0.1) is 0 Å². The topological polar surface area (TPSA) is 42.6 Å². The lowest BCUT2D eigenvalue weighted by Crippen LogP contribution is -2.08. The number of rotatable bonds is 4. The standard InChI is InChI=1S/C13H13BrO3/c1-9-2-4-10(5-3-9)16-8-11(15)12-6-7-13(14)17-12/h2-7,11,15H,8H2,1H3. The number of aliphatic hydroxyl groups is 1. The van der Waals surface area contributed by atoms with E-state index in [1.807, 2.05) is 31.2 Å². The molecule has 90 valence electrons. The molecule has 0 amide bonds. The van der Waals surface area contributed by atoms with Gasteiger partial charge in [0.1, 0.15) is 24.2 Å². The van der Waals surface area contributed by atoms with Crippen LogP contribution in [0.3, 0.4) is 0 Å². The van der Waals surface area contributed by atoms with Crippen molar-refractivity contribution in [1.82, 2.24) is 0 Å². The molecule has 1 aromatic heterocycles. The van der Waals surface area contributed by atoms with Crippen molar-refractivity contribution in [3.8, 4) is 5.75 Å². The molecule has 17 heavy (non-hydrogen) atoms. The minimum absolute atomic E-state index is 0.170. The van der Waals surface area contributed by atoms with Crippen LogP contribution in [-0.4, -0.2) is 11.7 Å². The van der Waals surface area contributed by atoms with E-state index >= 15 is 0 Å². The Labute approximate surface area is 108 Å². The number of aryl methyl sites for hydroxylation is 1. The zero-order valence-electron chi connectivity index (χ0n) is 9.39. The third-order valence-electron chi connectivity index (χ3n) is 2.35. The predicted molar refractivity (Wildman–Crippen MR) is 68.0 cm³/mol. The lowest BCUT2D eigenvalue weighted by molar-refractivity contribution is 0.0880. The summed E-state index contributed by atoms with van der Waals surface area (Å²) in [5.74, 6) is 1.23. The average molecular weight is 297 g/mol. The summed E-state index contributed by atoms with van der Waals surface area (Å²) in [6.07, 6.45) is -0.761. The van der Waals surface area contributed by atoms with Crippen molar-refractivity contribution in [3.05, 3.63) is 52.4 Å². The molecule has 0 spiro atoms. The molecule has 0 radical (unpaired) electrons. The van der Waals surface area contributed by atoms with E-state index in [4.69, 9.17) is 9.15 Å². The Kier molecular flexibility index (Phi) is 3.86. The van der Waals surface area contributed by atoms with Gasteiger partial charge in [0.15, 0.2) is 4.67 Å². The van der Waals surface area contributed by atoms with Crippen LogP contribution in [0.15, 0.2) is 45.5 Å². The summed E-state index contributed by atoms with van der Waals surface area (Å²) in [4.78, 5) is 0. The predicted octanol–water partition coefficient (Wildman–Crippen LogP) is 3.46. The Balaban J connectivity index is 1.92. The van der Waals surface area contributed by atoms with Crippen molar-refractivity contribution in [3.63, 3.8) is 0 Å². The highest BCUT2D eigenvalue weighted by atomic mass is 79.9. The molecule has 0 aliphatic heterocycles. The zero-order chi connectivity index (χ0) is 12.3. The van der Waals surface area contributed by atoms with Gasteiger partial charge < -0.3 is 14.3 Å². The van der Waals surface area contributed by atoms with Crippen LogP contribution in [0.2, 0.25) is 0 Å². The summed E-state index contributed by atoms with van der Waals surface area (Å²) in [5.41, 5.74) is 1.17. The third kappa shape index (κ3) is 3.35. The molecule has 0 saturated carbocycles. The monoisotopic (exact) mass is 296 g/mol. The van der Waals surface area contributed by atoms with Crippen molar-refractivity contribution < 1.29 is 14.3 Å². The van der Waals surface area contributed by atoms with Crippen LogP contribution in [0.1, 0.15) is 17.4 Å². The summed E-state index contributed by atoms with van der Waals surface area (Å²) in [6.45, 7) is 2.18. The van der Waals surface area contributed by atoms with E-state index in [0.29, 0.717) is 10.4 Å². The van der Waals surface area contributed by atoms with E-state index in [1.165, 1.54) is 5.56 Å². The van der Waals surface area contributed by atoms with Crippen LogP contribution in [0.5, 0.6) is 5.75 Å². The van der Waals surface area contributed by atoms with Crippen LogP contribution in [0, 0.1) is 6.92 Å². The van der Waals surface area contributed by atoms with Crippen molar-refractivity contribution in [1.29, 1.82) is 0 Å². The smallest absolute Gasteiger partial charge is 0.169 e.